The van der Waals surface area contributed by atoms with Crippen LogP contribution in [0, 0.1) is 6.92 Å². The van der Waals surface area contributed by atoms with Crippen LogP contribution in [-0.2, 0) is 10.0 Å². The van der Waals surface area contributed by atoms with Crippen molar-refractivity contribution in [3.05, 3.63) is 22.4 Å². The first-order valence-electron chi connectivity index (χ1n) is 3.63. The lowest BCUT2D eigenvalue weighted by atomic mass is 10.3. The number of alkyl halides is 1. The highest BCUT2D eigenvalue weighted by Gasteiger charge is 2.10. The van der Waals surface area contributed by atoms with Crippen LogP contribution in [0.4, 0.5) is 5.69 Å². The molecular formula is C7H8Br2N2O2S. The van der Waals surface area contributed by atoms with E-state index in [1.165, 1.54) is 0 Å². The lowest BCUT2D eigenvalue weighted by Gasteiger charge is -2.07. The van der Waals surface area contributed by atoms with Gasteiger partial charge in [-0.05, 0) is 34.5 Å². The molecule has 0 amide bonds. The molecule has 0 saturated carbocycles. The number of nitrogens with zero attached hydrogens (tertiary/aromatic N) is 1. The van der Waals surface area contributed by atoms with Crippen LogP contribution in [0.3, 0.4) is 0 Å². The third-order valence-electron chi connectivity index (χ3n) is 1.38. The molecule has 1 aromatic rings. The Morgan fingerprint density at radius 1 is 1.57 bits per heavy atom. The fourth-order valence-corrected chi connectivity index (χ4v) is 2.15. The maximum absolute atomic E-state index is 11.2. The van der Waals surface area contributed by atoms with Gasteiger partial charge in [-0.1, -0.05) is 15.9 Å². The molecule has 0 atom stereocenters. The summed E-state index contributed by atoms with van der Waals surface area (Å²) in [5.74, 6) is 0. The maximum atomic E-state index is 11.2. The number of anilines is 1. The molecule has 4 nitrogen and oxygen atoms in total. The predicted octanol–water partition coefficient (Wildman–Crippen LogP) is 2.25. The Balaban J connectivity index is 3.03. The van der Waals surface area contributed by atoms with Gasteiger partial charge < -0.3 is 0 Å². The van der Waals surface area contributed by atoms with Gasteiger partial charge in [0.1, 0.15) is 9.27 Å². The summed E-state index contributed by atoms with van der Waals surface area (Å²) in [6.45, 7) is 1.84. The van der Waals surface area contributed by atoms with E-state index in [4.69, 9.17) is 0 Å². The van der Waals surface area contributed by atoms with Crippen molar-refractivity contribution in [1.82, 2.24) is 4.98 Å². The van der Waals surface area contributed by atoms with E-state index >= 15 is 0 Å². The molecule has 0 fully saturated rings. The number of nitrogens with one attached hydrogen (secondary N) is 1. The van der Waals surface area contributed by atoms with Gasteiger partial charge in [0.05, 0.1) is 5.69 Å². The zero-order valence-corrected chi connectivity index (χ0v) is 11.3. The Bertz CT molecular complexity index is 433. The van der Waals surface area contributed by atoms with Gasteiger partial charge in [-0.15, -0.1) is 0 Å². The van der Waals surface area contributed by atoms with Crippen molar-refractivity contribution in [1.29, 1.82) is 0 Å². The van der Waals surface area contributed by atoms with Crippen LogP contribution in [0.15, 0.2) is 16.9 Å². The van der Waals surface area contributed by atoms with E-state index in [2.05, 4.69) is 41.6 Å². The normalized spacial score (nSPS) is 11.4. The number of halogens is 2. The van der Waals surface area contributed by atoms with E-state index in [1.807, 2.05) is 6.92 Å². The smallest absolute Gasteiger partial charge is 0.242 e. The van der Waals surface area contributed by atoms with Crippen LogP contribution in [0.25, 0.3) is 0 Å². The van der Waals surface area contributed by atoms with Crippen molar-refractivity contribution in [2.45, 2.75) is 6.92 Å². The van der Waals surface area contributed by atoms with Crippen molar-refractivity contribution in [2.75, 3.05) is 9.38 Å². The number of sulfonamides is 1. The second-order valence-electron chi connectivity index (χ2n) is 2.68. The first-order chi connectivity index (χ1) is 6.44. The SMILES string of the molecule is Cc1cnc(Br)c(NS(=O)(=O)CBr)c1. The maximum Gasteiger partial charge on any atom is 0.242 e. The molecule has 1 N–H and O–H groups in total. The number of rotatable bonds is 3. The Hall–Kier alpha value is -0.140. The molecule has 0 aliphatic rings. The molecule has 1 aromatic heterocycles. The van der Waals surface area contributed by atoms with Gasteiger partial charge >= 0.3 is 0 Å². The minimum atomic E-state index is -3.32. The van der Waals surface area contributed by atoms with Crippen LogP contribution >= 0.6 is 31.9 Å². The molecule has 0 aliphatic carbocycles. The highest BCUT2D eigenvalue weighted by atomic mass is 79.9. The highest BCUT2D eigenvalue weighted by Crippen LogP contribution is 2.21. The Morgan fingerprint density at radius 2 is 2.21 bits per heavy atom. The van der Waals surface area contributed by atoms with Gasteiger partial charge in [-0.2, -0.15) is 0 Å². The second-order valence-corrected chi connectivity index (χ2v) is 6.45. The monoisotopic (exact) mass is 342 g/mol. The van der Waals surface area contributed by atoms with E-state index in [0.717, 1.165) is 5.56 Å². The number of hydrogen-bond donors (Lipinski definition) is 1. The van der Waals surface area contributed by atoms with Crippen molar-refractivity contribution < 1.29 is 8.42 Å². The molecule has 1 rings (SSSR count). The summed E-state index contributed by atoms with van der Waals surface area (Å²) >= 11 is 6.04. The Labute approximate surface area is 99.4 Å². The minimum Gasteiger partial charge on any atom is -0.280 e. The Morgan fingerprint density at radius 3 is 2.79 bits per heavy atom. The van der Waals surface area contributed by atoms with Gasteiger partial charge in [0, 0.05) is 6.20 Å². The summed E-state index contributed by atoms with van der Waals surface area (Å²) in [6.07, 6.45) is 1.65. The number of aryl methyl sites for hydroxylation is 1. The molecule has 14 heavy (non-hydrogen) atoms. The summed E-state index contributed by atoms with van der Waals surface area (Å²) in [5, 5.41) is 0. The standard InChI is InChI=1S/C7H8Br2N2O2S/c1-5-2-6(7(9)10-3-5)11-14(12,13)4-8/h2-3,11H,4H2,1H3. The van der Waals surface area contributed by atoms with E-state index in [1.54, 1.807) is 12.3 Å². The topological polar surface area (TPSA) is 59.1 Å². The molecule has 0 aromatic carbocycles. The van der Waals surface area contributed by atoms with Crippen molar-refractivity contribution in [2.24, 2.45) is 0 Å². The predicted molar refractivity (Wildman–Crippen MR) is 63.0 cm³/mol. The molecule has 0 unspecified atom stereocenters. The van der Waals surface area contributed by atoms with E-state index in [9.17, 15) is 8.42 Å². The average Bonchev–Trinajstić information content (AvgIpc) is 2.11. The molecule has 0 bridgehead atoms. The van der Waals surface area contributed by atoms with E-state index in [0.29, 0.717) is 10.3 Å². The van der Waals surface area contributed by atoms with E-state index < -0.39 is 10.0 Å². The lowest BCUT2D eigenvalue weighted by molar-refractivity contribution is 0.606. The summed E-state index contributed by atoms with van der Waals surface area (Å²) in [7, 11) is -3.32. The second kappa shape index (κ2) is 4.59. The quantitative estimate of drug-likeness (QED) is 0.676. The summed E-state index contributed by atoms with van der Waals surface area (Å²) in [4.78, 5) is 3.97. The molecule has 0 spiro atoms. The summed E-state index contributed by atoms with van der Waals surface area (Å²) in [6, 6.07) is 1.71. The molecule has 1 heterocycles. The highest BCUT2D eigenvalue weighted by molar-refractivity contribution is 9.11. The summed E-state index contributed by atoms with van der Waals surface area (Å²) in [5.41, 5.74) is 1.34. The third kappa shape index (κ3) is 3.21. The minimum absolute atomic E-state index is 0.139. The van der Waals surface area contributed by atoms with Gasteiger partial charge in [0.15, 0.2) is 0 Å². The lowest BCUT2D eigenvalue weighted by Crippen LogP contribution is -2.13. The molecule has 78 valence electrons. The summed E-state index contributed by atoms with van der Waals surface area (Å²) < 4.78 is 25.2. The first kappa shape index (κ1) is 11.9. The van der Waals surface area contributed by atoms with Gasteiger partial charge in [0.25, 0.3) is 0 Å². The van der Waals surface area contributed by atoms with Crippen molar-refractivity contribution >= 4 is 47.6 Å². The zero-order chi connectivity index (χ0) is 10.8. The largest absolute Gasteiger partial charge is 0.280 e. The number of aromatic nitrogens is 1. The van der Waals surface area contributed by atoms with Crippen molar-refractivity contribution in [3.63, 3.8) is 0 Å². The zero-order valence-electron chi connectivity index (χ0n) is 7.29. The average molecular weight is 344 g/mol. The fraction of sp³-hybridized carbons (Fsp3) is 0.286. The van der Waals surface area contributed by atoms with Crippen LogP contribution < -0.4 is 4.72 Å². The molecule has 0 saturated heterocycles. The van der Waals surface area contributed by atoms with Crippen molar-refractivity contribution in [3.8, 4) is 0 Å². The Kier molecular flexibility index (Phi) is 3.91. The molecule has 0 radical (unpaired) electrons. The van der Waals surface area contributed by atoms with Crippen LogP contribution in [0.1, 0.15) is 5.56 Å². The number of hydrogen-bond acceptors (Lipinski definition) is 3. The van der Waals surface area contributed by atoms with Crippen LogP contribution in [-0.4, -0.2) is 18.1 Å². The van der Waals surface area contributed by atoms with Gasteiger partial charge in [0.2, 0.25) is 10.0 Å². The molecule has 0 aliphatic heterocycles. The van der Waals surface area contributed by atoms with Crippen LogP contribution in [0.5, 0.6) is 0 Å². The molecular weight excluding hydrogens is 336 g/mol. The van der Waals surface area contributed by atoms with Gasteiger partial charge in [-0.25, -0.2) is 13.4 Å². The van der Waals surface area contributed by atoms with Gasteiger partial charge in [-0.3, -0.25) is 4.72 Å². The van der Waals surface area contributed by atoms with Crippen LogP contribution in [0.2, 0.25) is 0 Å². The number of pyridine rings is 1. The fourth-order valence-electron chi connectivity index (χ4n) is 0.819. The third-order valence-corrected chi connectivity index (χ3v) is 4.64. The first-order valence-corrected chi connectivity index (χ1v) is 7.20. The van der Waals surface area contributed by atoms with E-state index in [-0.39, 0.29) is 4.66 Å². The molecule has 7 heteroatoms.